The van der Waals surface area contributed by atoms with Crippen molar-refractivity contribution in [2.45, 2.75) is 6.92 Å². The second kappa shape index (κ2) is 6.72. The number of hydrogen-bond acceptors (Lipinski definition) is 5. The van der Waals surface area contributed by atoms with Crippen molar-refractivity contribution in [2.24, 2.45) is 0 Å². The van der Waals surface area contributed by atoms with Crippen molar-refractivity contribution in [1.29, 1.82) is 0 Å². The Bertz CT molecular complexity index is 1080. The Morgan fingerprint density at radius 1 is 1.04 bits per heavy atom. The zero-order valence-electron chi connectivity index (χ0n) is 13.4. The summed E-state index contributed by atoms with van der Waals surface area (Å²) in [5.74, 6) is 1.14. The molecule has 3 heterocycles. The molecular formula is C17H11Cl3N6. The van der Waals surface area contributed by atoms with Gasteiger partial charge in [0, 0.05) is 24.2 Å². The first-order valence-electron chi connectivity index (χ1n) is 7.58. The summed E-state index contributed by atoms with van der Waals surface area (Å²) in [6.07, 6.45) is 3.47. The molecule has 0 atom stereocenters. The molecule has 0 radical (unpaired) electrons. The molecule has 4 aromatic rings. The predicted molar refractivity (Wildman–Crippen MR) is 104 cm³/mol. The minimum absolute atomic E-state index is 0.165. The van der Waals surface area contributed by atoms with E-state index in [0.29, 0.717) is 27.4 Å². The number of aromatic nitrogens is 5. The van der Waals surface area contributed by atoms with E-state index in [1.807, 2.05) is 13.1 Å². The van der Waals surface area contributed by atoms with Gasteiger partial charge in [0.2, 0.25) is 5.28 Å². The van der Waals surface area contributed by atoms with Crippen molar-refractivity contribution in [1.82, 2.24) is 24.7 Å². The fourth-order valence-corrected chi connectivity index (χ4v) is 3.38. The average molecular weight is 406 g/mol. The predicted octanol–water partition coefficient (Wildman–Crippen LogP) is 5.22. The lowest BCUT2D eigenvalue weighted by molar-refractivity contribution is 0.897. The number of nitrogens with zero attached hydrogens (tertiary/aromatic N) is 5. The van der Waals surface area contributed by atoms with Gasteiger partial charge in [0.1, 0.15) is 17.3 Å². The fourth-order valence-electron chi connectivity index (χ4n) is 2.58. The molecule has 3 aromatic heterocycles. The molecule has 0 amide bonds. The molecule has 0 bridgehead atoms. The molecule has 4 rings (SSSR count). The first-order chi connectivity index (χ1) is 12.5. The minimum atomic E-state index is 0.165. The number of nitrogens with one attached hydrogen (secondary N) is 1. The Morgan fingerprint density at radius 3 is 2.54 bits per heavy atom. The lowest BCUT2D eigenvalue weighted by Gasteiger charge is -2.06. The molecule has 0 aliphatic heterocycles. The molecule has 26 heavy (non-hydrogen) atoms. The highest BCUT2D eigenvalue weighted by molar-refractivity contribution is 6.37. The highest BCUT2D eigenvalue weighted by Crippen LogP contribution is 2.31. The van der Waals surface area contributed by atoms with Gasteiger partial charge in [-0.2, -0.15) is 5.10 Å². The van der Waals surface area contributed by atoms with E-state index in [1.54, 1.807) is 41.2 Å². The standard InChI is InChI=1S/C17H11Cl3N6/c1-9-7-14(24-17(20)22-9)23-16-10-8-26(25-13(10)5-6-21-16)15-11(18)3-2-4-12(15)19/h2-8H,1H3,(H,21,22,23,24). The van der Waals surface area contributed by atoms with Gasteiger partial charge in [0.05, 0.1) is 20.9 Å². The third-order valence-corrected chi connectivity index (χ3v) is 4.45. The Labute approximate surface area is 163 Å². The molecule has 1 aromatic carbocycles. The Kier molecular flexibility index (Phi) is 4.40. The molecule has 130 valence electrons. The lowest BCUT2D eigenvalue weighted by Crippen LogP contribution is -1.98. The third-order valence-electron chi connectivity index (χ3n) is 3.67. The maximum absolute atomic E-state index is 6.29. The molecule has 0 saturated heterocycles. The number of rotatable bonds is 3. The van der Waals surface area contributed by atoms with E-state index in [2.05, 4.69) is 25.4 Å². The second-order valence-electron chi connectivity index (χ2n) is 5.52. The van der Waals surface area contributed by atoms with Crippen LogP contribution in [0.4, 0.5) is 11.6 Å². The van der Waals surface area contributed by atoms with Crippen molar-refractivity contribution in [3.05, 3.63) is 63.7 Å². The summed E-state index contributed by atoms with van der Waals surface area (Å²) in [6, 6.07) is 8.89. The van der Waals surface area contributed by atoms with E-state index in [4.69, 9.17) is 34.8 Å². The highest BCUT2D eigenvalue weighted by atomic mass is 35.5. The van der Waals surface area contributed by atoms with Gasteiger partial charge >= 0.3 is 0 Å². The maximum atomic E-state index is 6.29. The topological polar surface area (TPSA) is 68.5 Å². The number of halogens is 3. The summed E-state index contributed by atoms with van der Waals surface area (Å²) in [7, 11) is 0. The minimum Gasteiger partial charge on any atom is -0.324 e. The Balaban J connectivity index is 1.81. The first-order valence-corrected chi connectivity index (χ1v) is 8.71. The smallest absolute Gasteiger partial charge is 0.224 e. The zero-order chi connectivity index (χ0) is 18.3. The van der Waals surface area contributed by atoms with Crippen LogP contribution in [0.5, 0.6) is 0 Å². The summed E-state index contributed by atoms with van der Waals surface area (Å²) < 4.78 is 1.64. The van der Waals surface area contributed by atoms with Gasteiger partial charge in [0.15, 0.2) is 0 Å². The van der Waals surface area contributed by atoms with Crippen LogP contribution in [0.25, 0.3) is 16.6 Å². The molecule has 0 aliphatic rings. The van der Waals surface area contributed by atoms with Gasteiger partial charge in [-0.1, -0.05) is 29.3 Å². The maximum Gasteiger partial charge on any atom is 0.224 e. The summed E-state index contributed by atoms with van der Waals surface area (Å²) in [5, 5.41) is 9.67. The average Bonchev–Trinajstić information content (AvgIpc) is 2.98. The lowest BCUT2D eigenvalue weighted by atomic mass is 10.3. The first kappa shape index (κ1) is 17.0. The number of hydrogen-bond donors (Lipinski definition) is 1. The number of benzene rings is 1. The van der Waals surface area contributed by atoms with E-state index in [0.717, 1.165) is 16.6 Å². The second-order valence-corrected chi connectivity index (χ2v) is 6.68. The molecule has 0 unspecified atom stereocenters. The van der Waals surface area contributed by atoms with Crippen molar-refractivity contribution in [3.8, 4) is 5.69 Å². The molecular weight excluding hydrogens is 395 g/mol. The number of para-hydroxylation sites is 1. The van der Waals surface area contributed by atoms with Crippen molar-refractivity contribution < 1.29 is 0 Å². The number of anilines is 2. The van der Waals surface area contributed by atoms with Crippen LogP contribution in [0.2, 0.25) is 15.3 Å². The fraction of sp³-hybridized carbons (Fsp3) is 0.0588. The number of aryl methyl sites for hydroxylation is 1. The molecule has 9 heteroatoms. The van der Waals surface area contributed by atoms with Crippen LogP contribution in [0.1, 0.15) is 5.69 Å². The summed E-state index contributed by atoms with van der Waals surface area (Å²) in [6.45, 7) is 1.84. The van der Waals surface area contributed by atoms with Crippen molar-refractivity contribution in [2.75, 3.05) is 5.32 Å². The van der Waals surface area contributed by atoms with Gasteiger partial charge in [-0.05, 0) is 36.7 Å². The van der Waals surface area contributed by atoms with E-state index >= 15 is 0 Å². The largest absolute Gasteiger partial charge is 0.324 e. The molecule has 0 fully saturated rings. The molecule has 0 aliphatic carbocycles. The summed E-state index contributed by atoms with van der Waals surface area (Å²) >= 11 is 18.5. The Hall–Kier alpha value is -2.41. The Morgan fingerprint density at radius 2 is 1.81 bits per heavy atom. The van der Waals surface area contributed by atoms with Crippen LogP contribution in [-0.4, -0.2) is 24.7 Å². The quantitative estimate of drug-likeness (QED) is 0.473. The van der Waals surface area contributed by atoms with E-state index < -0.39 is 0 Å². The van der Waals surface area contributed by atoms with Crippen LogP contribution < -0.4 is 5.32 Å². The summed E-state index contributed by atoms with van der Waals surface area (Å²) in [5.41, 5.74) is 2.09. The molecule has 6 nitrogen and oxygen atoms in total. The van der Waals surface area contributed by atoms with Crippen LogP contribution in [0.3, 0.4) is 0 Å². The van der Waals surface area contributed by atoms with Gasteiger partial charge < -0.3 is 5.32 Å². The van der Waals surface area contributed by atoms with Crippen LogP contribution in [0, 0.1) is 6.92 Å². The van der Waals surface area contributed by atoms with E-state index in [1.165, 1.54) is 0 Å². The van der Waals surface area contributed by atoms with Gasteiger partial charge in [-0.3, -0.25) is 0 Å². The SMILES string of the molecule is Cc1cc(Nc2nccc3nn(-c4c(Cl)cccc4Cl)cc23)nc(Cl)n1. The van der Waals surface area contributed by atoms with Gasteiger partial charge in [-0.15, -0.1) is 0 Å². The van der Waals surface area contributed by atoms with Crippen molar-refractivity contribution >= 4 is 57.3 Å². The van der Waals surface area contributed by atoms with Crippen LogP contribution in [-0.2, 0) is 0 Å². The molecule has 1 N–H and O–H groups in total. The number of fused-ring (bicyclic) bond motifs is 1. The summed E-state index contributed by atoms with van der Waals surface area (Å²) in [4.78, 5) is 12.6. The van der Waals surface area contributed by atoms with E-state index in [9.17, 15) is 0 Å². The van der Waals surface area contributed by atoms with Crippen LogP contribution in [0.15, 0.2) is 42.7 Å². The van der Waals surface area contributed by atoms with Gasteiger partial charge in [0.25, 0.3) is 0 Å². The monoisotopic (exact) mass is 404 g/mol. The van der Waals surface area contributed by atoms with Gasteiger partial charge in [-0.25, -0.2) is 19.6 Å². The normalized spacial score (nSPS) is 11.1. The highest BCUT2D eigenvalue weighted by Gasteiger charge is 2.13. The molecule has 0 saturated carbocycles. The molecule has 0 spiro atoms. The van der Waals surface area contributed by atoms with Crippen LogP contribution >= 0.6 is 34.8 Å². The van der Waals surface area contributed by atoms with Crippen molar-refractivity contribution in [3.63, 3.8) is 0 Å². The van der Waals surface area contributed by atoms with E-state index in [-0.39, 0.29) is 5.28 Å². The zero-order valence-corrected chi connectivity index (χ0v) is 15.7. The third kappa shape index (κ3) is 3.19. The number of pyridine rings is 1.